The fraction of sp³-hybridized carbons (Fsp3) is 0.0645. The number of carbonyl (C=O) groups excluding carboxylic acids is 2. The smallest absolute Gasteiger partial charge is 0.336 e. The summed E-state index contributed by atoms with van der Waals surface area (Å²) in [5.74, 6) is -3.64. The molecule has 0 spiro atoms. The molecule has 4 N–H and O–H groups in total. The molecular weight excluding hydrogens is 574 g/mol. The Balaban J connectivity index is 1.32. The van der Waals surface area contributed by atoms with E-state index < -0.39 is 28.7 Å². The van der Waals surface area contributed by atoms with Gasteiger partial charge in [-0.3, -0.25) is 9.59 Å². The van der Waals surface area contributed by atoms with Gasteiger partial charge in [-0.2, -0.15) is 0 Å². The van der Waals surface area contributed by atoms with Crippen LogP contribution in [-0.2, 0) is 4.79 Å². The van der Waals surface area contributed by atoms with Crippen LogP contribution in [-0.4, -0.2) is 39.0 Å². The lowest BCUT2D eigenvalue weighted by Crippen LogP contribution is -2.19. The highest BCUT2D eigenvalue weighted by atomic mass is 32.2. The van der Waals surface area contributed by atoms with Crippen molar-refractivity contribution in [2.75, 3.05) is 10.6 Å². The molecule has 0 aliphatic rings. The Morgan fingerprint density at radius 1 is 0.810 bits per heavy atom. The molecule has 0 fully saturated rings. The van der Waals surface area contributed by atoms with Gasteiger partial charge < -0.3 is 20.8 Å². The summed E-state index contributed by atoms with van der Waals surface area (Å²) < 4.78 is 0.986. The Bertz CT molecular complexity index is 1820. The first-order valence-corrected chi connectivity index (χ1v) is 14.3. The molecule has 0 aliphatic carbocycles. The van der Waals surface area contributed by atoms with Gasteiger partial charge in [0, 0.05) is 10.6 Å². The normalized spacial score (nSPS) is 11.5. The number of thiazole rings is 1. The Kier molecular flexibility index (Phi) is 8.32. The molecule has 0 saturated heterocycles. The molecule has 9 nitrogen and oxygen atoms in total. The molecule has 210 valence electrons. The molecule has 11 heteroatoms. The number of aromatic carboxylic acids is 2. The first-order valence-electron chi connectivity index (χ1n) is 12.6. The van der Waals surface area contributed by atoms with Gasteiger partial charge >= 0.3 is 11.9 Å². The molecule has 4 aromatic carbocycles. The minimum Gasteiger partial charge on any atom is -0.478 e. The van der Waals surface area contributed by atoms with E-state index in [1.54, 1.807) is 24.3 Å². The number of nitrogens with zero attached hydrogens (tertiary/aromatic N) is 1. The zero-order chi connectivity index (χ0) is 29.8. The van der Waals surface area contributed by atoms with E-state index in [1.165, 1.54) is 35.2 Å². The van der Waals surface area contributed by atoms with Crippen LogP contribution in [0, 0.1) is 6.92 Å². The second-order valence-corrected chi connectivity index (χ2v) is 11.4. The van der Waals surface area contributed by atoms with Gasteiger partial charge in [-0.15, -0.1) is 11.8 Å². The molecule has 0 aliphatic heterocycles. The summed E-state index contributed by atoms with van der Waals surface area (Å²) in [6.07, 6.45) is 0. The summed E-state index contributed by atoms with van der Waals surface area (Å²) in [5.41, 5.74) is 2.31. The summed E-state index contributed by atoms with van der Waals surface area (Å²) in [6, 6.07) is 25.4. The lowest BCUT2D eigenvalue weighted by atomic mass is 10.0. The van der Waals surface area contributed by atoms with E-state index in [0.717, 1.165) is 32.3 Å². The Labute approximate surface area is 248 Å². The SMILES string of the molecule is Cc1ccc2nc(NC(=O)C(Sc3ccc(NC(=O)c4ccc(C(=O)O)cc4C(=O)O)cc3)c3ccccc3)sc2c1. The number of hydrogen-bond acceptors (Lipinski definition) is 7. The fourth-order valence-corrected chi connectivity index (χ4v) is 6.15. The maximum atomic E-state index is 13.5. The van der Waals surface area contributed by atoms with Crippen LogP contribution in [0.5, 0.6) is 0 Å². The van der Waals surface area contributed by atoms with Crippen molar-refractivity contribution < 1.29 is 29.4 Å². The highest BCUT2D eigenvalue weighted by molar-refractivity contribution is 8.00. The fourth-order valence-electron chi connectivity index (χ4n) is 4.16. The van der Waals surface area contributed by atoms with Gasteiger partial charge in [0.25, 0.3) is 5.91 Å². The van der Waals surface area contributed by atoms with Crippen molar-refractivity contribution in [3.8, 4) is 0 Å². The van der Waals surface area contributed by atoms with Gasteiger partial charge in [0.15, 0.2) is 5.13 Å². The van der Waals surface area contributed by atoms with E-state index in [1.807, 2.05) is 55.5 Å². The van der Waals surface area contributed by atoms with Crippen molar-refractivity contribution in [3.63, 3.8) is 0 Å². The highest BCUT2D eigenvalue weighted by Crippen LogP contribution is 2.37. The number of amides is 2. The summed E-state index contributed by atoms with van der Waals surface area (Å²) in [6.45, 7) is 2.00. The zero-order valence-electron chi connectivity index (χ0n) is 22.0. The largest absolute Gasteiger partial charge is 0.478 e. The standard InChI is InChI=1S/C31H23N3O6S2/c1-17-7-14-24-25(15-17)42-31(33-24)34-28(36)26(18-5-3-2-4-6-18)41-21-11-9-20(10-12-21)32-27(35)22-13-8-19(29(37)38)16-23(22)30(39)40/h2-16,26H,1H3,(H,32,35)(H,37,38)(H,39,40)(H,33,34,36). The third-order valence-corrected chi connectivity index (χ3v) is 8.42. The molecule has 0 bridgehead atoms. The first kappa shape index (κ1) is 28.5. The van der Waals surface area contributed by atoms with E-state index in [4.69, 9.17) is 5.11 Å². The number of carboxylic acid groups (broad SMARTS) is 2. The molecule has 5 aromatic rings. The Hall–Kier alpha value is -5.00. The predicted molar refractivity (Wildman–Crippen MR) is 163 cm³/mol. The molecule has 1 atom stereocenters. The quantitative estimate of drug-likeness (QED) is 0.137. The number of nitrogens with one attached hydrogen (secondary N) is 2. The molecule has 0 saturated carbocycles. The van der Waals surface area contributed by atoms with Crippen LogP contribution in [0.1, 0.15) is 47.5 Å². The van der Waals surface area contributed by atoms with Crippen LogP contribution in [0.25, 0.3) is 10.2 Å². The van der Waals surface area contributed by atoms with Crippen molar-refractivity contribution in [1.82, 2.24) is 4.98 Å². The maximum absolute atomic E-state index is 13.5. The van der Waals surface area contributed by atoms with Crippen LogP contribution in [0.3, 0.4) is 0 Å². The average molecular weight is 598 g/mol. The number of aromatic nitrogens is 1. The third kappa shape index (κ3) is 6.48. The third-order valence-electron chi connectivity index (χ3n) is 6.22. The van der Waals surface area contributed by atoms with E-state index in [9.17, 15) is 24.3 Å². The number of fused-ring (bicyclic) bond motifs is 1. The molecule has 1 unspecified atom stereocenters. The second-order valence-electron chi connectivity index (χ2n) is 9.24. The lowest BCUT2D eigenvalue weighted by Gasteiger charge is -2.16. The number of carbonyl (C=O) groups is 4. The van der Waals surface area contributed by atoms with Crippen molar-refractivity contribution in [1.29, 1.82) is 0 Å². The summed E-state index contributed by atoms with van der Waals surface area (Å²) in [5, 5.41) is 24.1. The van der Waals surface area contributed by atoms with Crippen molar-refractivity contribution in [2.45, 2.75) is 17.1 Å². The van der Waals surface area contributed by atoms with Crippen LogP contribution in [0.2, 0.25) is 0 Å². The van der Waals surface area contributed by atoms with E-state index in [2.05, 4.69) is 15.6 Å². The molecular formula is C31H23N3O6S2. The Morgan fingerprint density at radius 3 is 2.24 bits per heavy atom. The van der Waals surface area contributed by atoms with E-state index >= 15 is 0 Å². The first-order chi connectivity index (χ1) is 20.2. The summed E-state index contributed by atoms with van der Waals surface area (Å²) >= 11 is 2.74. The van der Waals surface area contributed by atoms with Crippen LogP contribution in [0.15, 0.2) is 95.9 Å². The van der Waals surface area contributed by atoms with Gasteiger partial charge in [-0.1, -0.05) is 47.7 Å². The second kappa shape index (κ2) is 12.2. The van der Waals surface area contributed by atoms with Crippen LogP contribution >= 0.6 is 23.1 Å². The molecule has 0 radical (unpaired) electrons. The van der Waals surface area contributed by atoms with Gasteiger partial charge in [0.1, 0.15) is 5.25 Å². The molecule has 42 heavy (non-hydrogen) atoms. The highest BCUT2D eigenvalue weighted by Gasteiger charge is 2.24. The Morgan fingerprint density at radius 2 is 1.55 bits per heavy atom. The van der Waals surface area contributed by atoms with Gasteiger partial charge in [-0.05, 0) is 72.6 Å². The van der Waals surface area contributed by atoms with Crippen LogP contribution in [0.4, 0.5) is 10.8 Å². The van der Waals surface area contributed by atoms with Crippen molar-refractivity contribution >= 4 is 67.9 Å². The zero-order valence-corrected chi connectivity index (χ0v) is 23.7. The van der Waals surface area contributed by atoms with Gasteiger partial charge in [0.2, 0.25) is 5.91 Å². The number of thioether (sulfide) groups is 1. The monoisotopic (exact) mass is 597 g/mol. The van der Waals surface area contributed by atoms with Gasteiger partial charge in [0.05, 0.1) is 26.9 Å². The number of hydrogen-bond donors (Lipinski definition) is 4. The average Bonchev–Trinajstić information content (AvgIpc) is 3.37. The predicted octanol–water partition coefficient (Wildman–Crippen LogP) is 6.73. The van der Waals surface area contributed by atoms with E-state index in [-0.39, 0.29) is 17.0 Å². The summed E-state index contributed by atoms with van der Waals surface area (Å²) in [7, 11) is 0. The minimum absolute atomic E-state index is 0.170. The lowest BCUT2D eigenvalue weighted by molar-refractivity contribution is -0.115. The van der Waals surface area contributed by atoms with Crippen LogP contribution < -0.4 is 10.6 Å². The van der Waals surface area contributed by atoms with E-state index in [0.29, 0.717) is 10.8 Å². The number of anilines is 2. The molecule has 2 amide bonds. The molecule has 1 aromatic heterocycles. The number of rotatable bonds is 9. The van der Waals surface area contributed by atoms with Crippen molar-refractivity contribution in [3.05, 3.63) is 119 Å². The molecule has 1 heterocycles. The minimum atomic E-state index is -1.42. The summed E-state index contributed by atoms with van der Waals surface area (Å²) in [4.78, 5) is 54.4. The number of carboxylic acids is 2. The molecule has 5 rings (SSSR count). The topological polar surface area (TPSA) is 146 Å². The van der Waals surface area contributed by atoms with Gasteiger partial charge in [-0.25, -0.2) is 14.6 Å². The maximum Gasteiger partial charge on any atom is 0.336 e. The number of benzene rings is 4. The van der Waals surface area contributed by atoms with Crippen molar-refractivity contribution in [2.24, 2.45) is 0 Å². The number of aryl methyl sites for hydroxylation is 1.